The molecule has 1 saturated heterocycles. The van der Waals surface area contributed by atoms with Crippen LogP contribution < -0.4 is 15.4 Å². The maximum absolute atomic E-state index is 5.83. The first-order valence-corrected chi connectivity index (χ1v) is 6.68. The highest BCUT2D eigenvalue weighted by molar-refractivity contribution is 6.30. The van der Waals surface area contributed by atoms with Gasteiger partial charge in [0, 0.05) is 23.8 Å². The molecular weight excluding hydrogens is 260 g/mol. The Morgan fingerprint density at radius 3 is 2.05 bits per heavy atom. The monoisotopic (exact) mass is 274 g/mol. The van der Waals surface area contributed by atoms with Gasteiger partial charge in [-0.3, -0.25) is 0 Å². The fourth-order valence-electron chi connectivity index (χ4n) is 1.88. The SMILES string of the molecule is Clc1ccc(Oc2ccc(NC3CNC3)cc2)cc1. The maximum Gasteiger partial charge on any atom is 0.127 e. The summed E-state index contributed by atoms with van der Waals surface area (Å²) in [5.41, 5.74) is 1.12. The van der Waals surface area contributed by atoms with E-state index in [9.17, 15) is 0 Å². The highest BCUT2D eigenvalue weighted by Gasteiger charge is 2.15. The summed E-state index contributed by atoms with van der Waals surface area (Å²) in [6.45, 7) is 2.06. The van der Waals surface area contributed by atoms with Crippen LogP contribution in [0.2, 0.25) is 5.02 Å². The fraction of sp³-hybridized carbons (Fsp3) is 0.200. The molecule has 0 atom stereocenters. The highest BCUT2D eigenvalue weighted by Crippen LogP contribution is 2.24. The molecule has 98 valence electrons. The minimum atomic E-state index is 0.544. The van der Waals surface area contributed by atoms with Gasteiger partial charge in [0.05, 0.1) is 6.04 Å². The van der Waals surface area contributed by atoms with Crippen molar-refractivity contribution in [2.24, 2.45) is 0 Å². The molecule has 0 spiro atoms. The van der Waals surface area contributed by atoms with E-state index in [2.05, 4.69) is 10.6 Å². The topological polar surface area (TPSA) is 33.3 Å². The van der Waals surface area contributed by atoms with Crippen molar-refractivity contribution in [1.29, 1.82) is 0 Å². The lowest BCUT2D eigenvalue weighted by atomic mass is 10.1. The molecule has 2 aromatic rings. The number of nitrogens with one attached hydrogen (secondary N) is 2. The highest BCUT2D eigenvalue weighted by atomic mass is 35.5. The second-order valence-electron chi connectivity index (χ2n) is 4.58. The van der Waals surface area contributed by atoms with Crippen LogP contribution in [0, 0.1) is 0 Å². The second kappa shape index (κ2) is 5.51. The van der Waals surface area contributed by atoms with E-state index in [0.29, 0.717) is 11.1 Å². The number of rotatable bonds is 4. The van der Waals surface area contributed by atoms with Crippen LogP contribution in [0.3, 0.4) is 0 Å². The van der Waals surface area contributed by atoms with Crippen LogP contribution in [0.4, 0.5) is 5.69 Å². The first-order valence-electron chi connectivity index (χ1n) is 6.30. The maximum atomic E-state index is 5.83. The third-order valence-corrected chi connectivity index (χ3v) is 3.31. The molecule has 2 aromatic carbocycles. The van der Waals surface area contributed by atoms with Gasteiger partial charge in [0.1, 0.15) is 11.5 Å². The third kappa shape index (κ3) is 3.19. The number of halogens is 1. The summed E-state index contributed by atoms with van der Waals surface area (Å²) in [5.74, 6) is 1.60. The van der Waals surface area contributed by atoms with Crippen molar-refractivity contribution in [3.8, 4) is 11.5 Å². The van der Waals surface area contributed by atoms with E-state index >= 15 is 0 Å². The lowest BCUT2D eigenvalue weighted by Gasteiger charge is -2.29. The quantitative estimate of drug-likeness (QED) is 0.895. The van der Waals surface area contributed by atoms with Gasteiger partial charge in [-0.1, -0.05) is 11.6 Å². The fourth-order valence-corrected chi connectivity index (χ4v) is 2.01. The van der Waals surface area contributed by atoms with Crippen molar-refractivity contribution in [2.45, 2.75) is 6.04 Å². The zero-order chi connectivity index (χ0) is 13.1. The van der Waals surface area contributed by atoms with Crippen LogP contribution in [-0.2, 0) is 0 Å². The van der Waals surface area contributed by atoms with Crippen molar-refractivity contribution < 1.29 is 4.74 Å². The average molecular weight is 275 g/mol. The standard InChI is InChI=1S/C15H15ClN2O/c16-11-1-5-14(6-2-11)19-15-7-3-12(4-8-15)18-13-9-17-10-13/h1-8,13,17-18H,9-10H2. The molecule has 0 aliphatic carbocycles. The summed E-state index contributed by atoms with van der Waals surface area (Å²) in [4.78, 5) is 0. The number of ether oxygens (including phenoxy) is 1. The molecule has 0 aromatic heterocycles. The Balaban J connectivity index is 1.63. The lowest BCUT2D eigenvalue weighted by Crippen LogP contribution is -2.51. The first kappa shape index (κ1) is 12.3. The number of hydrogen-bond donors (Lipinski definition) is 2. The van der Waals surface area contributed by atoms with Gasteiger partial charge >= 0.3 is 0 Å². The Hall–Kier alpha value is -1.71. The van der Waals surface area contributed by atoms with E-state index in [0.717, 1.165) is 30.3 Å². The minimum Gasteiger partial charge on any atom is -0.457 e. The molecule has 19 heavy (non-hydrogen) atoms. The third-order valence-electron chi connectivity index (χ3n) is 3.06. The van der Waals surface area contributed by atoms with Gasteiger partial charge in [-0.2, -0.15) is 0 Å². The Morgan fingerprint density at radius 2 is 1.53 bits per heavy atom. The van der Waals surface area contributed by atoms with Gasteiger partial charge in [-0.15, -0.1) is 0 Å². The van der Waals surface area contributed by atoms with Crippen molar-refractivity contribution in [1.82, 2.24) is 5.32 Å². The molecule has 1 aliphatic rings. The van der Waals surface area contributed by atoms with Gasteiger partial charge in [0.25, 0.3) is 0 Å². The van der Waals surface area contributed by atoms with Crippen LogP contribution in [-0.4, -0.2) is 19.1 Å². The normalized spacial score (nSPS) is 14.8. The second-order valence-corrected chi connectivity index (χ2v) is 5.02. The van der Waals surface area contributed by atoms with Crippen LogP contribution >= 0.6 is 11.6 Å². The molecule has 2 N–H and O–H groups in total. The predicted octanol–water partition coefficient (Wildman–Crippen LogP) is 3.52. The molecule has 0 amide bonds. The summed E-state index contributed by atoms with van der Waals surface area (Å²) in [7, 11) is 0. The number of hydrogen-bond acceptors (Lipinski definition) is 3. The molecule has 1 heterocycles. The van der Waals surface area contributed by atoms with E-state index in [1.165, 1.54) is 0 Å². The van der Waals surface area contributed by atoms with Gasteiger partial charge in [-0.25, -0.2) is 0 Å². The predicted molar refractivity (Wildman–Crippen MR) is 78.2 cm³/mol. The van der Waals surface area contributed by atoms with E-state index < -0.39 is 0 Å². The molecule has 0 saturated carbocycles. The molecular formula is C15H15ClN2O. The van der Waals surface area contributed by atoms with Crippen LogP contribution in [0.5, 0.6) is 11.5 Å². The van der Waals surface area contributed by atoms with E-state index in [1.54, 1.807) is 0 Å². The van der Waals surface area contributed by atoms with Gasteiger partial charge < -0.3 is 15.4 Å². The van der Waals surface area contributed by atoms with Crippen LogP contribution in [0.25, 0.3) is 0 Å². The van der Waals surface area contributed by atoms with Crippen LogP contribution in [0.1, 0.15) is 0 Å². The zero-order valence-corrected chi connectivity index (χ0v) is 11.2. The smallest absolute Gasteiger partial charge is 0.127 e. The summed E-state index contributed by atoms with van der Waals surface area (Å²) >= 11 is 5.83. The Morgan fingerprint density at radius 1 is 0.947 bits per heavy atom. The van der Waals surface area contributed by atoms with E-state index in [1.807, 2.05) is 48.5 Å². The lowest BCUT2D eigenvalue weighted by molar-refractivity contribution is 0.471. The van der Waals surface area contributed by atoms with E-state index in [4.69, 9.17) is 16.3 Å². The molecule has 4 heteroatoms. The molecule has 0 unspecified atom stereocenters. The van der Waals surface area contributed by atoms with E-state index in [-0.39, 0.29) is 0 Å². The Labute approximate surface area is 117 Å². The summed E-state index contributed by atoms with van der Waals surface area (Å²) in [5, 5.41) is 7.38. The zero-order valence-electron chi connectivity index (χ0n) is 10.4. The van der Waals surface area contributed by atoms with Crippen molar-refractivity contribution in [3.63, 3.8) is 0 Å². The number of anilines is 1. The van der Waals surface area contributed by atoms with Gasteiger partial charge in [0.2, 0.25) is 0 Å². The van der Waals surface area contributed by atoms with Crippen LogP contribution in [0.15, 0.2) is 48.5 Å². The molecule has 0 bridgehead atoms. The summed E-state index contributed by atoms with van der Waals surface area (Å²) < 4.78 is 5.73. The minimum absolute atomic E-state index is 0.544. The first-order chi connectivity index (χ1) is 9.29. The molecule has 1 fully saturated rings. The Bertz CT molecular complexity index is 535. The molecule has 0 radical (unpaired) electrons. The van der Waals surface area contributed by atoms with Crippen molar-refractivity contribution in [3.05, 3.63) is 53.6 Å². The number of benzene rings is 2. The summed E-state index contributed by atoms with van der Waals surface area (Å²) in [6.07, 6.45) is 0. The molecule has 3 nitrogen and oxygen atoms in total. The van der Waals surface area contributed by atoms with Crippen molar-refractivity contribution in [2.75, 3.05) is 18.4 Å². The largest absolute Gasteiger partial charge is 0.457 e. The van der Waals surface area contributed by atoms with Crippen molar-refractivity contribution >= 4 is 17.3 Å². The van der Waals surface area contributed by atoms with Gasteiger partial charge in [0.15, 0.2) is 0 Å². The Kier molecular flexibility index (Phi) is 3.58. The van der Waals surface area contributed by atoms with Gasteiger partial charge in [-0.05, 0) is 48.5 Å². The summed E-state index contributed by atoms with van der Waals surface area (Å²) in [6, 6.07) is 15.9. The molecule has 1 aliphatic heterocycles. The average Bonchev–Trinajstić information content (AvgIpc) is 2.38. The molecule has 3 rings (SSSR count).